The highest BCUT2D eigenvalue weighted by Gasteiger charge is 2.05. The zero-order valence-corrected chi connectivity index (χ0v) is 11.9. The van der Waals surface area contributed by atoms with E-state index in [0.717, 1.165) is 29.0 Å². The molecule has 4 heteroatoms. The van der Waals surface area contributed by atoms with Gasteiger partial charge in [0.2, 0.25) is 0 Å². The van der Waals surface area contributed by atoms with Crippen molar-refractivity contribution < 1.29 is 9.47 Å². The molecule has 0 radical (unpaired) electrons. The number of para-hydroxylation sites is 2. The molecule has 106 valence electrons. The molecule has 0 amide bonds. The summed E-state index contributed by atoms with van der Waals surface area (Å²) in [6.45, 7) is 5.12. The molecule has 0 unspecified atom stereocenters. The molecular formula is C16H20N2O2. The third-order valence-corrected chi connectivity index (χ3v) is 2.92. The quantitative estimate of drug-likeness (QED) is 0.878. The van der Waals surface area contributed by atoms with Crippen molar-refractivity contribution in [3.63, 3.8) is 0 Å². The average molecular weight is 272 g/mol. The van der Waals surface area contributed by atoms with E-state index in [4.69, 9.17) is 15.2 Å². The lowest BCUT2D eigenvalue weighted by Gasteiger charge is -2.12. The molecule has 2 aromatic rings. The normalized spacial score (nSPS) is 10.3. The van der Waals surface area contributed by atoms with Gasteiger partial charge in [-0.2, -0.15) is 0 Å². The van der Waals surface area contributed by atoms with Crippen molar-refractivity contribution in [2.45, 2.75) is 20.3 Å². The number of nitrogen functional groups attached to an aromatic ring is 1. The minimum absolute atomic E-state index is 0.541. The molecule has 1 aromatic carbocycles. The first-order valence-corrected chi connectivity index (χ1v) is 6.76. The van der Waals surface area contributed by atoms with Crippen molar-refractivity contribution in [2.24, 2.45) is 0 Å². The van der Waals surface area contributed by atoms with Gasteiger partial charge in [0.05, 0.1) is 13.2 Å². The highest BCUT2D eigenvalue weighted by molar-refractivity contribution is 5.41. The first kappa shape index (κ1) is 14.2. The molecule has 0 fully saturated rings. The Kier molecular flexibility index (Phi) is 4.82. The van der Waals surface area contributed by atoms with E-state index in [1.165, 1.54) is 0 Å². The minimum atomic E-state index is 0.541. The fourth-order valence-electron chi connectivity index (χ4n) is 1.96. The third kappa shape index (κ3) is 3.63. The van der Waals surface area contributed by atoms with Crippen molar-refractivity contribution in [1.29, 1.82) is 0 Å². The second-order valence-electron chi connectivity index (χ2n) is 4.54. The second kappa shape index (κ2) is 6.80. The van der Waals surface area contributed by atoms with Crippen LogP contribution in [-0.4, -0.2) is 18.2 Å². The summed E-state index contributed by atoms with van der Waals surface area (Å²) in [4.78, 5) is 4.15. The van der Waals surface area contributed by atoms with E-state index in [2.05, 4.69) is 4.98 Å². The number of hydrogen-bond donors (Lipinski definition) is 1. The van der Waals surface area contributed by atoms with Gasteiger partial charge < -0.3 is 15.2 Å². The highest BCUT2D eigenvalue weighted by Crippen LogP contribution is 2.26. The van der Waals surface area contributed by atoms with Gasteiger partial charge in [0, 0.05) is 12.6 Å². The van der Waals surface area contributed by atoms with E-state index < -0.39 is 0 Å². The van der Waals surface area contributed by atoms with Gasteiger partial charge >= 0.3 is 0 Å². The fourth-order valence-corrected chi connectivity index (χ4v) is 1.96. The molecule has 2 rings (SSSR count). The Morgan fingerprint density at radius 1 is 1.15 bits per heavy atom. The summed E-state index contributed by atoms with van der Waals surface area (Å²) in [6, 6.07) is 9.71. The molecule has 4 nitrogen and oxygen atoms in total. The first-order valence-electron chi connectivity index (χ1n) is 6.76. The Morgan fingerprint density at radius 3 is 2.55 bits per heavy atom. The maximum absolute atomic E-state index is 5.86. The Bertz CT molecular complexity index is 570. The molecule has 0 bridgehead atoms. The van der Waals surface area contributed by atoms with Gasteiger partial charge in [-0.3, -0.25) is 0 Å². The fraction of sp³-hybridized carbons (Fsp3) is 0.312. The maximum Gasteiger partial charge on any atom is 0.161 e. The van der Waals surface area contributed by atoms with Crippen LogP contribution in [0, 0.1) is 6.92 Å². The average Bonchev–Trinajstić information content (AvgIpc) is 2.45. The highest BCUT2D eigenvalue weighted by atomic mass is 16.5. The third-order valence-electron chi connectivity index (χ3n) is 2.92. The summed E-state index contributed by atoms with van der Waals surface area (Å²) in [5.41, 5.74) is 7.97. The number of pyridine rings is 1. The minimum Gasteiger partial charge on any atom is -0.490 e. The molecule has 1 heterocycles. The number of anilines is 1. The number of aryl methyl sites for hydroxylation is 1. The van der Waals surface area contributed by atoms with Gasteiger partial charge in [-0.05, 0) is 37.1 Å². The van der Waals surface area contributed by atoms with E-state index in [1.807, 2.05) is 44.2 Å². The molecule has 1 aromatic heterocycles. The topological polar surface area (TPSA) is 57.4 Å². The smallest absolute Gasteiger partial charge is 0.161 e. The molecule has 0 atom stereocenters. The lowest BCUT2D eigenvalue weighted by molar-refractivity contribution is 0.279. The second-order valence-corrected chi connectivity index (χ2v) is 4.54. The van der Waals surface area contributed by atoms with E-state index in [0.29, 0.717) is 19.0 Å². The van der Waals surface area contributed by atoms with E-state index in [-0.39, 0.29) is 0 Å². The summed E-state index contributed by atoms with van der Waals surface area (Å²) in [7, 11) is 0. The van der Waals surface area contributed by atoms with Crippen LogP contribution in [0.1, 0.15) is 18.1 Å². The number of rotatable bonds is 6. The summed E-state index contributed by atoms with van der Waals surface area (Å²) < 4.78 is 11.3. The molecule has 0 aliphatic heterocycles. The Balaban J connectivity index is 1.97. The maximum atomic E-state index is 5.86. The van der Waals surface area contributed by atoms with Crippen LogP contribution in [0.4, 0.5) is 5.82 Å². The van der Waals surface area contributed by atoms with Gasteiger partial charge in [0.15, 0.2) is 11.5 Å². The van der Waals surface area contributed by atoms with Crippen LogP contribution in [0.3, 0.4) is 0 Å². The summed E-state index contributed by atoms with van der Waals surface area (Å²) in [5, 5.41) is 0. The zero-order valence-electron chi connectivity index (χ0n) is 11.9. The van der Waals surface area contributed by atoms with Crippen LogP contribution >= 0.6 is 0 Å². The van der Waals surface area contributed by atoms with Crippen LogP contribution in [0.2, 0.25) is 0 Å². The standard InChI is InChI=1S/C16H20N2O2/c1-3-19-14-6-4-5-7-15(14)20-9-8-13-10-12(2)11-18-16(13)17/h4-7,10-11H,3,8-9H2,1-2H3,(H2,17,18). The number of nitrogens with two attached hydrogens (primary N) is 1. The van der Waals surface area contributed by atoms with Gasteiger partial charge in [-0.15, -0.1) is 0 Å². The molecular weight excluding hydrogens is 252 g/mol. The molecule has 20 heavy (non-hydrogen) atoms. The number of ether oxygens (including phenoxy) is 2. The van der Waals surface area contributed by atoms with Crippen LogP contribution in [0.5, 0.6) is 11.5 Å². The monoisotopic (exact) mass is 272 g/mol. The van der Waals surface area contributed by atoms with Crippen LogP contribution in [-0.2, 0) is 6.42 Å². The van der Waals surface area contributed by atoms with E-state index >= 15 is 0 Å². The van der Waals surface area contributed by atoms with Gasteiger partial charge in [0.1, 0.15) is 5.82 Å². The van der Waals surface area contributed by atoms with Crippen LogP contribution in [0.15, 0.2) is 36.5 Å². The van der Waals surface area contributed by atoms with Crippen molar-refractivity contribution in [3.05, 3.63) is 47.7 Å². The summed E-state index contributed by atoms with van der Waals surface area (Å²) in [5.74, 6) is 2.09. The first-order chi connectivity index (χ1) is 9.70. The molecule has 0 aliphatic carbocycles. The lowest BCUT2D eigenvalue weighted by Crippen LogP contribution is -2.06. The molecule has 0 saturated carbocycles. The van der Waals surface area contributed by atoms with Crippen LogP contribution in [0.25, 0.3) is 0 Å². The zero-order chi connectivity index (χ0) is 14.4. The predicted molar refractivity (Wildman–Crippen MR) is 80.2 cm³/mol. The van der Waals surface area contributed by atoms with Crippen molar-refractivity contribution in [1.82, 2.24) is 4.98 Å². The lowest BCUT2D eigenvalue weighted by atomic mass is 10.1. The van der Waals surface area contributed by atoms with E-state index in [9.17, 15) is 0 Å². The van der Waals surface area contributed by atoms with Gasteiger partial charge in [-0.1, -0.05) is 18.2 Å². The predicted octanol–water partition coefficient (Wildman–Crippen LogP) is 2.99. The van der Waals surface area contributed by atoms with Crippen molar-refractivity contribution in [3.8, 4) is 11.5 Å². The summed E-state index contributed by atoms with van der Waals surface area (Å²) in [6.07, 6.45) is 2.49. The Morgan fingerprint density at radius 2 is 1.85 bits per heavy atom. The number of benzene rings is 1. The number of nitrogens with zero attached hydrogens (tertiary/aromatic N) is 1. The molecule has 0 saturated heterocycles. The Labute approximate surface area is 119 Å². The summed E-state index contributed by atoms with van der Waals surface area (Å²) >= 11 is 0. The SMILES string of the molecule is CCOc1ccccc1OCCc1cc(C)cnc1N. The largest absolute Gasteiger partial charge is 0.490 e. The van der Waals surface area contributed by atoms with Gasteiger partial charge in [0.25, 0.3) is 0 Å². The van der Waals surface area contributed by atoms with E-state index in [1.54, 1.807) is 6.20 Å². The molecule has 0 aliphatic rings. The Hall–Kier alpha value is -2.23. The van der Waals surface area contributed by atoms with Crippen LogP contribution < -0.4 is 15.2 Å². The van der Waals surface area contributed by atoms with Gasteiger partial charge in [-0.25, -0.2) is 4.98 Å². The molecule has 2 N–H and O–H groups in total. The number of aromatic nitrogens is 1. The van der Waals surface area contributed by atoms with Crippen molar-refractivity contribution in [2.75, 3.05) is 18.9 Å². The number of hydrogen-bond acceptors (Lipinski definition) is 4. The molecule has 0 spiro atoms. The van der Waals surface area contributed by atoms with Crippen molar-refractivity contribution >= 4 is 5.82 Å².